The molecule has 5 rings (SSSR count). The number of hydrogen-bond acceptors (Lipinski definition) is 7. The van der Waals surface area contributed by atoms with Gasteiger partial charge < -0.3 is 14.5 Å². The van der Waals surface area contributed by atoms with Crippen LogP contribution in [0.25, 0.3) is 32.9 Å². The maximum absolute atomic E-state index is 5.57. The highest BCUT2D eigenvalue weighted by atomic mass is 32.1. The van der Waals surface area contributed by atoms with Crippen LogP contribution in [0.5, 0.6) is 5.75 Å². The number of methoxy groups -OCH3 is 1. The van der Waals surface area contributed by atoms with Gasteiger partial charge in [-0.25, -0.2) is 9.97 Å². The van der Waals surface area contributed by atoms with Gasteiger partial charge in [0.2, 0.25) is 0 Å². The number of aromatic amines is 1. The van der Waals surface area contributed by atoms with Gasteiger partial charge in [-0.2, -0.15) is 5.10 Å². The number of rotatable bonds is 5. The quantitative estimate of drug-likeness (QED) is 0.408. The lowest BCUT2D eigenvalue weighted by atomic mass is 10.1. The maximum Gasteiger partial charge on any atom is 0.186 e. The molecule has 0 saturated heterocycles. The highest BCUT2D eigenvalue weighted by Gasteiger charge is 2.17. The van der Waals surface area contributed by atoms with Gasteiger partial charge in [0.1, 0.15) is 23.6 Å². The van der Waals surface area contributed by atoms with Crippen molar-refractivity contribution in [2.45, 2.75) is 6.92 Å². The lowest BCUT2D eigenvalue weighted by molar-refractivity contribution is 0.417. The Bertz CT molecular complexity index is 1290. The molecule has 0 radical (unpaired) electrons. The molecule has 0 fully saturated rings. The third-order valence-corrected chi connectivity index (χ3v) is 5.76. The standard InChI is InChI=1S/C21H17N5O2S/c1-12-7-9-29-19(12)13-5-6-15(27-2)14(10-13)24-20-17-18(16-4-3-8-28-16)25-26-21(17)23-11-22-20/h3-11H,1-2H3,(H2,22,23,24,25,26). The second kappa shape index (κ2) is 7.06. The second-order valence-corrected chi connectivity index (χ2v) is 7.39. The van der Waals surface area contributed by atoms with Gasteiger partial charge in [-0.05, 0) is 59.8 Å². The van der Waals surface area contributed by atoms with E-state index in [1.165, 1.54) is 16.8 Å². The van der Waals surface area contributed by atoms with Gasteiger partial charge in [-0.3, -0.25) is 5.10 Å². The first-order valence-corrected chi connectivity index (χ1v) is 9.85. The number of anilines is 2. The minimum atomic E-state index is 0.554. The second-order valence-electron chi connectivity index (χ2n) is 6.47. The summed E-state index contributed by atoms with van der Waals surface area (Å²) in [5, 5.41) is 13.5. The summed E-state index contributed by atoms with van der Waals surface area (Å²) in [7, 11) is 1.65. The fourth-order valence-corrected chi connectivity index (χ4v) is 4.22. The molecule has 0 unspecified atom stereocenters. The Balaban J connectivity index is 1.63. The van der Waals surface area contributed by atoms with E-state index in [2.05, 4.69) is 56.0 Å². The normalized spacial score (nSPS) is 11.1. The summed E-state index contributed by atoms with van der Waals surface area (Å²) in [6.45, 7) is 2.11. The zero-order valence-corrected chi connectivity index (χ0v) is 16.6. The summed E-state index contributed by atoms with van der Waals surface area (Å²) >= 11 is 1.71. The minimum absolute atomic E-state index is 0.554. The van der Waals surface area contributed by atoms with E-state index >= 15 is 0 Å². The number of aromatic nitrogens is 4. The summed E-state index contributed by atoms with van der Waals surface area (Å²) in [4.78, 5) is 9.94. The van der Waals surface area contributed by atoms with Crippen LogP contribution < -0.4 is 10.1 Å². The van der Waals surface area contributed by atoms with Crippen LogP contribution in [0.4, 0.5) is 11.5 Å². The first kappa shape index (κ1) is 17.4. The average molecular weight is 403 g/mol. The smallest absolute Gasteiger partial charge is 0.186 e. The van der Waals surface area contributed by atoms with Crippen LogP contribution in [-0.2, 0) is 0 Å². The number of thiophene rings is 1. The fraction of sp³-hybridized carbons (Fsp3) is 0.0952. The molecule has 144 valence electrons. The first-order valence-electron chi connectivity index (χ1n) is 8.97. The van der Waals surface area contributed by atoms with E-state index in [-0.39, 0.29) is 0 Å². The molecule has 29 heavy (non-hydrogen) atoms. The lowest BCUT2D eigenvalue weighted by Crippen LogP contribution is -1.99. The summed E-state index contributed by atoms with van der Waals surface area (Å²) in [6, 6.07) is 11.9. The highest BCUT2D eigenvalue weighted by Crippen LogP contribution is 2.38. The lowest BCUT2D eigenvalue weighted by Gasteiger charge is -2.13. The zero-order chi connectivity index (χ0) is 19.8. The van der Waals surface area contributed by atoms with Crippen molar-refractivity contribution in [3.8, 4) is 27.6 Å². The molecule has 0 aliphatic rings. The third kappa shape index (κ3) is 3.03. The summed E-state index contributed by atoms with van der Waals surface area (Å²) < 4.78 is 11.1. The fourth-order valence-electron chi connectivity index (χ4n) is 3.29. The number of nitrogens with one attached hydrogen (secondary N) is 2. The van der Waals surface area contributed by atoms with Gasteiger partial charge in [-0.15, -0.1) is 11.3 Å². The molecule has 0 bridgehead atoms. The third-order valence-electron chi connectivity index (χ3n) is 4.70. The van der Waals surface area contributed by atoms with Crippen molar-refractivity contribution in [1.29, 1.82) is 0 Å². The van der Waals surface area contributed by atoms with Gasteiger partial charge in [-0.1, -0.05) is 0 Å². The molecule has 0 aliphatic carbocycles. The van der Waals surface area contributed by atoms with Crippen molar-refractivity contribution in [1.82, 2.24) is 20.2 Å². The van der Waals surface area contributed by atoms with E-state index in [1.54, 1.807) is 24.7 Å². The van der Waals surface area contributed by atoms with E-state index in [1.807, 2.05) is 18.2 Å². The maximum atomic E-state index is 5.57. The largest absolute Gasteiger partial charge is 0.495 e. The van der Waals surface area contributed by atoms with E-state index in [4.69, 9.17) is 9.15 Å². The Labute approximate surface area is 170 Å². The molecule has 4 aromatic heterocycles. The van der Waals surface area contributed by atoms with E-state index in [9.17, 15) is 0 Å². The van der Waals surface area contributed by atoms with Gasteiger partial charge >= 0.3 is 0 Å². The molecule has 4 heterocycles. The molecule has 5 aromatic rings. The Morgan fingerprint density at radius 2 is 2.10 bits per heavy atom. The van der Waals surface area contributed by atoms with E-state index in [0.717, 1.165) is 28.1 Å². The van der Waals surface area contributed by atoms with Gasteiger partial charge in [0.15, 0.2) is 11.4 Å². The van der Waals surface area contributed by atoms with Crippen molar-refractivity contribution >= 4 is 33.9 Å². The van der Waals surface area contributed by atoms with Gasteiger partial charge in [0.25, 0.3) is 0 Å². The number of nitrogens with zero attached hydrogens (tertiary/aromatic N) is 3. The van der Waals surface area contributed by atoms with Crippen molar-refractivity contribution in [2.24, 2.45) is 0 Å². The summed E-state index contributed by atoms with van der Waals surface area (Å²) in [5.74, 6) is 2.01. The number of fused-ring (bicyclic) bond motifs is 1. The van der Waals surface area contributed by atoms with E-state index < -0.39 is 0 Å². The molecule has 0 saturated carbocycles. The van der Waals surface area contributed by atoms with E-state index in [0.29, 0.717) is 17.2 Å². The number of hydrogen-bond donors (Lipinski definition) is 2. The average Bonchev–Trinajstić information content (AvgIpc) is 3.48. The molecule has 0 amide bonds. The molecule has 0 aliphatic heterocycles. The van der Waals surface area contributed by atoms with Gasteiger partial charge in [0.05, 0.1) is 24.4 Å². The van der Waals surface area contributed by atoms with Crippen LogP contribution in [0, 0.1) is 6.92 Å². The van der Waals surface area contributed by atoms with Crippen LogP contribution >= 0.6 is 11.3 Å². The van der Waals surface area contributed by atoms with Gasteiger partial charge in [0, 0.05) is 4.88 Å². The Morgan fingerprint density at radius 1 is 1.17 bits per heavy atom. The van der Waals surface area contributed by atoms with Crippen molar-refractivity contribution in [2.75, 3.05) is 12.4 Å². The SMILES string of the molecule is COc1ccc(-c2sccc2C)cc1Nc1ncnc2n[nH]c(-c3ccco3)c12. The van der Waals surface area contributed by atoms with Crippen LogP contribution in [0.2, 0.25) is 0 Å². The Kier molecular flexibility index (Phi) is 4.25. The number of benzene rings is 1. The minimum Gasteiger partial charge on any atom is -0.495 e. The number of furan rings is 1. The highest BCUT2D eigenvalue weighted by molar-refractivity contribution is 7.13. The predicted octanol–water partition coefficient (Wildman–Crippen LogP) is 5.40. The molecule has 2 N–H and O–H groups in total. The zero-order valence-electron chi connectivity index (χ0n) is 15.8. The number of H-pyrrole nitrogens is 1. The molecular weight excluding hydrogens is 386 g/mol. The number of aryl methyl sites for hydroxylation is 1. The topological polar surface area (TPSA) is 88.9 Å². The van der Waals surface area contributed by atoms with Crippen molar-refractivity contribution in [3.05, 3.63) is 59.9 Å². The van der Waals surface area contributed by atoms with Crippen molar-refractivity contribution < 1.29 is 9.15 Å². The van der Waals surface area contributed by atoms with Crippen LogP contribution in [0.1, 0.15) is 5.56 Å². The summed E-state index contributed by atoms with van der Waals surface area (Å²) in [6.07, 6.45) is 3.10. The summed E-state index contributed by atoms with van der Waals surface area (Å²) in [5.41, 5.74) is 4.44. The number of ether oxygens (including phenoxy) is 1. The molecule has 1 aromatic carbocycles. The van der Waals surface area contributed by atoms with Crippen LogP contribution in [0.15, 0.2) is 58.8 Å². The first-order chi connectivity index (χ1) is 14.2. The molecule has 0 atom stereocenters. The Morgan fingerprint density at radius 3 is 2.86 bits per heavy atom. The Hall–Kier alpha value is -3.65. The molecule has 0 spiro atoms. The molecule has 8 heteroatoms. The predicted molar refractivity (Wildman–Crippen MR) is 114 cm³/mol. The molecule has 7 nitrogen and oxygen atoms in total. The van der Waals surface area contributed by atoms with Crippen molar-refractivity contribution in [3.63, 3.8) is 0 Å². The molecular formula is C21H17N5O2S. The monoisotopic (exact) mass is 403 g/mol. The van der Waals surface area contributed by atoms with Crippen LogP contribution in [0.3, 0.4) is 0 Å². The van der Waals surface area contributed by atoms with Crippen LogP contribution in [-0.4, -0.2) is 27.3 Å².